The van der Waals surface area contributed by atoms with E-state index in [0.29, 0.717) is 6.61 Å². The lowest BCUT2D eigenvalue weighted by Gasteiger charge is -2.02. The van der Waals surface area contributed by atoms with Crippen LogP contribution in [0.3, 0.4) is 0 Å². The van der Waals surface area contributed by atoms with E-state index in [4.69, 9.17) is 4.89 Å². The van der Waals surface area contributed by atoms with Crippen LogP contribution in [0.4, 0.5) is 5.69 Å². The SMILES string of the molecule is CCOOc1ccccc1[N+](=O)[O-]. The maximum absolute atomic E-state index is 10.5. The minimum absolute atomic E-state index is 0.101. The lowest BCUT2D eigenvalue weighted by molar-refractivity contribution is -0.388. The summed E-state index contributed by atoms with van der Waals surface area (Å²) in [5, 5.41) is 10.5. The molecule has 0 unspecified atom stereocenters. The number of para-hydroxylation sites is 2. The van der Waals surface area contributed by atoms with Gasteiger partial charge in [-0.3, -0.25) is 10.1 Å². The molecule has 1 rings (SSSR count). The van der Waals surface area contributed by atoms with Gasteiger partial charge in [0.15, 0.2) is 0 Å². The zero-order valence-electron chi connectivity index (χ0n) is 7.10. The van der Waals surface area contributed by atoms with Crippen molar-refractivity contribution in [3.63, 3.8) is 0 Å². The second-order valence-electron chi connectivity index (χ2n) is 2.21. The van der Waals surface area contributed by atoms with Crippen molar-refractivity contribution in [1.82, 2.24) is 0 Å². The Labute approximate surface area is 75.0 Å². The molecular weight excluding hydrogens is 174 g/mol. The molecule has 0 saturated carbocycles. The van der Waals surface area contributed by atoms with Crippen molar-refractivity contribution in [3.05, 3.63) is 34.4 Å². The van der Waals surface area contributed by atoms with Gasteiger partial charge in [-0.2, -0.15) is 4.89 Å². The number of nitrogens with zero attached hydrogens (tertiary/aromatic N) is 1. The molecule has 13 heavy (non-hydrogen) atoms. The zero-order valence-corrected chi connectivity index (χ0v) is 7.10. The lowest BCUT2D eigenvalue weighted by atomic mass is 10.3. The molecule has 0 amide bonds. The van der Waals surface area contributed by atoms with Gasteiger partial charge in [-0.15, -0.1) is 0 Å². The molecule has 0 heterocycles. The van der Waals surface area contributed by atoms with Gasteiger partial charge >= 0.3 is 5.69 Å². The van der Waals surface area contributed by atoms with Crippen LogP contribution in [0.2, 0.25) is 0 Å². The smallest absolute Gasteiger partial charge is 0.315 e. The topological polar surface area (TPSA) is 61.6 Å². The predicted molar refractivity (Wildman–Crippen MR) is 45.4 cm³/mol. The Morgan fingerprint density at radius 1 is 1.46 bits per heavy atom. The van der Waals surface area contributed by atoms with E-state index < -0.39 is 4.92 Å². The first-order chi connectivity index (χ1) is 6.25. The molecule has 0 spiro atoms. The predicted octanol–water partition coefficient (Wildman–Crippen LogP) is 1.93. The van der Waals surface area contributed by atoms with Gasteiger partial charge in [-0.1, -0.05) is 12.1 Å². The van der Waals surface area contributed by atoms with Crippen molar-refractivity contribution >= 4 is 5.69 Å². The van der Waals surface area contributed by atoms with Crippen molar-refractivity contribution in [3.8, 4) is 5.75 Å². The van der Waals surface area contributed by atoms with Gasteiger partial charge in [0.2, 0.25) is 5.75 Å². The van der Waals surface area contributed by atoms with Gasteiger partial charge in [0.05, 0.1) is 11.5 Å². The van der Waals surface area contributed by atoms with E-state index in [1.807, 2.05) is 0 Å². The van der Waals surface area contributed by atoms with Gasteiger partial charge in [0.1, 0.15) is 0 Å². The summed E-state index contributed by atoms with van der Waals surface area (Å²) in [7, 11) is 0. The van der Waals surface area contributed by atoms with Crippen LogP contribution in [-0.4, -0.2) is 11.5 Å². The summed E-state index contributed by atoms with van der Waals surface area (Å²) in [6.07, 6.45) is 0. The summed E-state index contributed by atoms with van der Waals surface area (Å²) in [5.74, 6) is 0.120. The first kappa shape index (κ1) is 9.47. The number of rotatable bonds is 4. The first-order valence-corrected chi connectivity index (χ1v) is 3.78. The maximum Gasteiger partial charge on any atom is 0.315 e. The van der Waals surface area contributed by atoms with Crippen molar-refractivity contribution in [1.29, 1.82) is 0 Å². The Hall–Kier alpha value is -1.62. The van der Waals surface area contributed by atoms with E-state index in [1.165, 1.54) is 12.1 Å². The van der Waals surface area contributed by atoms with Crippen LogP contribution in [0.15, 0.2) is 24.3 Å². The second kappa shape index (κ2) is 4.42. The fourth-order valence-electron chi connectivity index (χ4n) is 0.801. The third-order valence-corrected chi connectivity index (χ3v) is 1.33. The normalized spacial score (nSPS) is 9.62. The summed E-state index contributed by atoms with van der Waals surface area (Å²) >= 11 is 0. The summed E-state index contributed by atoms with van der Waals surface area (Å²) < 4.78 is 0. The molecule has 0 aliphatic carbocycles. The third-order valence-electron chi connectivity index (χ3n) is 1.33. The Kier molecular flexibility index (Phi) is 3.22. The molecule has 0 saturated heterocycles. The van der Waals surface area contributed by atoms with Crippen LogP contribution in [0, 0.1) is 10.1 Å². The van der Waals surface area contributed by atoms with Crippen molar-refractivity contribution < 1.29 is 14.7 Å². The third kappa shape index (κ3) is 2.41. The number of hydrogen-bond donors (Lipinski definition) is 0. The molecule has 1 aromatic carbocycles. The van der Waals surface area contributed by atoms with E-state index in [1.54, 1.807) is 19.1 Å². The van der Waals surface area contributed by atoms with Crippen molar-refractivity contribution in [2.24, 2.45) is 0 Å². The van der Waals surface area contributed by atoms with Crippen LogP contribution < -0.4 is 4.89 Å². The van der Waals surface area contributed by atoms with Crippen LogP contribution >= 0.6 is 0 Å². The van der Waals surface area contributed by atoms with Crippen molar-refractivity contribution in [2.75, 3.05) is 6.61 Å². The Balaban J connectivity index is 2.84. The van der Waals surface area contributed by atoms with Crippen LogP contribution in [0.25, 0.3) is 0 Å². The average molecular weight is 183 g/mol. The molecule has 0 aliphatic heterocycles. The van der Waals surface area contributed by atoms with Crippen LogP contribution in [-0.2, 0) is 4.89 Å². The first-order valence-electron chi connectivity index (χ1n) is 3.78. The molecule has 0 radical (unpaired) electrons. The number of hydrogen-bond acceptors (Lipinski definition) is 4. The maximum atomic E-state index is 10.5. The molecule has 0 aliphatic rings. The molecule has 0 atom stereocenters. The molecular formula is C8H9NO4. The zero-order chi connectivity index (χ0) is 9.68. The average Bonchev–Trinajstić information content (AvgIpc) is 2.15. The quantitative estimate of drug-likeness (QED) is 0.406. The highest BCUT2D eigenvalue weighted by atomic mass is 17.2. The summed E-state index contributed by atoms with van der Waals surface area (Å²) in [6, 6.07) is 6.04. The van der Waals surface area contributed by atoms with E-state index in [2.05, 4.69) is 4.89 Å². The van der Waals surface area contributed by atoms with Gasteiger partial charge in [-0.05, 0) is 13.0 Å². The Morgan fingerprint density at radius 3 is 2.77 bits per heavy atom. The summed E-state index contributed by atoms with van der Waals surface area (Å²) in [4.78, 5) is 19.2. The van der Waals surface area contributed by atoms with Gasteiger partial charge < -0.3 is 4.89 Å². The molecule has 5 heteroatoms. The second-order valence-corrected chi connectivity index (χ2v) is 2.21. The highest BCUT2D eigenvalue weighted by molar-refractivity contribution is 5.45. The highest BCUT2D eigenvalue weighted by Crippen LogP contribution is 2.25. The molecule has 0 N–H and O–H groups in total. The fourth-order valence-corrected chi connectivity index (χ4v) is 0.801. The standard InChI is InChI=1S/C8H9NO4/c1-2-12-13-8-6-4-3-5-7(8)9(10)11/h3-6H,2H2,1H3. The lowest BCUT2D eigenvalue weighted by Crippen LogP contribution is -1.99. The van der Waals surface area contributed by atoms with Gasteiger partial charge in [0.25, 0.3) is 0 Å². The monoisotopic (exact) mass is 183 g/mol. The molecule has 5 nitrogen and oxygen atoms in total. The molecule has 0 bridgehead atoms. The Bertz CT molecular complexity index is 300. The number of benzene rings is 1. The molecule has 70 valence electrons. The molecule has 1 aromatic rings. The van der Waals surface area contributed by atoms with E-state index >= 15 is 0 Å². The largest absolute Gasteiger partial charge is 0.330 e. The highest BCUT2D eigenvalue weighted by Gasteiger charge is 2.13. The van der Waals surface area contributed by atoms with E-state index in [-0.39, 0.29) is 11.4 Å². The summed E-state index contributed by atoms with van der Waals surface area (Å²) in [5.41, 5.74) is -0.101. The number of nitro benzene ring substituents is 1. The van der Waals surface area contributed by atoms with E-state index in [9.17, 15) is 10.1 Å². The van der Waals surface area contributed by atoms with Gasteiger partial charge in [-0.25, -0.2) is 0 Å². The molecule has 0 aromatic heterocycles. The van der Waals surface area contributed by atoms with Crippen LogP contribution in [0.1, 0.15) is 6.92 Å². The Morgan fingerprint density at radius 2 is 2.15 bits per heavy atom. The summed E-state index contributed by atoms with van der Waals surface area (Å²) in [6.45, 7) is 2.07. The van der Waals surface area contributed by atoms with E-state index in [0.717, 1.165) is 0 Å². The fraction of sp³-hybridized carbons (Fsp3) is 0.250. The minimum Gasteiger partial charge on any atom is -0.330 e. The van der Waals surface area contributed by atoms with Crippen LogP contribution in [0.5, 0.6) is 5.75 Å². The van der Waals surface area contributed by atoms with Gasteiger partial charge in [0, 0.05) is 6.07 Å². The molecule has 0 fully saturated rings. The number of nitro groups is 1. The van der Waals surface area contributed by atoms with Crippen molar-refractivity contribution in [2.45, 2.75) is 6.92 Å². The minimum atomic E-state index is -0.519.